The van der Waals surface area contributed by atoms with Gasteiger partial charge in [0.15, 0.2) is 0 Å². The normalized spacial score (nSPS) is 14.2. The third-order valence-electron chi connectivity index (χ3n) is 13.3. The van der Waals surface area contributed by atoms with Crippen LogP contribution in [0.25, 0.3) is 0 Å². The molecule has 1 aliphatic heterocycles. The molecular weight excluding hydrogens is 677 g/mol. The van der Waals surface area contributed by atoms with E-state index in [4.69, 9.17) is 0 Å². The zero-order valence-corrected chi connectivity index (χ0v) is 39.6. The van der Waals surface area contributed by atoms with E-state index in [1.165, 1.54) is 308 Å². The van der Waals surface area contributed by atoms with Crippen LogP contribution in [-0.4, -0.2) is 29.1 Å². The van der Waals surface area contributed by atoms with E-state index < -0.39 is 0 Å². The molecule has 0 spiro atoms. The molecule has 0 aromatic heterocycles. The van der Waals surface area contributed by atoms with E-state index in [0.717, 1.165) is 0 Å². The molecule has 0 bridgehead atoms. The van der Waals surface area contributed by atoms with Gasteiger partial charge >= 0.3 is 0 Å². The molecule has 0 N–H and O–H groups in total. The molecule has 0 saturated carbocycles. The molecule has 56 heavy (non-hydrogen) atoms. The Balaban J connectivity index is 2.19. The standard InChI is InChI=1S/C54H108N2/c1-4-7-10-13-16-19-22-25-27-29-31-34-37-40-43-46-49-54-55(50-47-44-41-38-35-32-24-21-18-15-12-9-6-3)52-53-56(54)51-48-45-42-39-36-33-30-28-26-23-20-17-14-11-8-5-2/h52-54H,4-51H2,1-3H3. The number of rotatable bonds is 48. The molecule has 1 atom stereocenters. The highest BCUT2D eigenvalue weighted by atomic mass is 15.4. The maximum absolute atomic E-state index is 2.75. The van der Waals surface area contributed by atoms with Crippen molar-refractivity contribution in [1.29, 1.82) is 0 Å². The van der Waals surface area contributed by atoms with E-state index in [1.807, 2.05) is 0 Å². The van der Waals surface area contributed by atoms with Crippen LogP contribution < -0.4 is 0 Å². The molecule has 1 heterocycles. The van der Waals surface area contributed by atoms with Gasteiger partial charge < -0.3 is 9.80 Å². The van der Waals surface area contributed by atoms with E-state index in [2.05, 4.69) is 43.0 Å². The zero-order chi connectivity index (χ0) is 40.1. The van der Waals surface area contributed by atoms with Crippen molar-refractivity contribution in [3.63, 3.8) is 0 Å². The van der Waals surface area contributed by atoms with Gasteiger partial charge in [0.2, 0.25) is 0 Å². The van der Waals surface area contributed by atoms with Crippen LogP contribution in [0.3, 0.4) is 0 Å². The first-order valence-electron chi connectivity index (χ1n) is 27.0. The Kier molecular flexibility index (Phi) is 43.3. The van der Waals surface area contributed by atoms with Crippen LogP contribution in [0.4, 0.5) is 0 Å². The second-order valence-electron chi connectivity index (χ2n) is 18.9. The number of hydrogen-bond donors (Lipinski definition) is 0. The zero-order valence-electron chi connectivity index (χ0n) is 39.6. The van der Waals surface area contributed by atoms with Crippen molar-refractivity contribution in [3.05, 3.63) is 12.4 Å². The fourth-order valence-corrected chi connectivity index (χ4v) is 9.37. The van der Waals surface area contributed by atoms with Crippen molar-refractivity contribution in [1.82, 2.24) is 9.80 Å². The Morgan fingerprint density at radius 1 is 0.232 bits per heavy atom. The molecule has 0 radical (unpaired) electrons. The lowest BCUT2D eigenvalue weighted by atomic mass is 10.0. The fourth-order valence-electron chi connectivity index (χ4n) is 9.37. The van der Waals surface area contributed by atoms with Gasteiger partial charge in [-0.25, -0.2) is 0 Å². The first-order chi connectivity index (χ1) is 27.8. The Hall–Kier alpha value is -0.660. The van der Waals surface area contributed by atoms with Gasteiger partial charge in [0.1, 0.15) is 6.17 Å². The van der Waals surface area contributed by atoms with Crippen LogP contribution in [0.2, 0.25) is 0 Å². The van der Waals surface area contributed by atoms with Gasteiger partial charge in [-0.1, -0.05) is 290 Å². The van der Waals surface area contributed by atoms with Crippen LogP contribution >= 0.6 is 0 Å². The summed E-state index contributed by atoms with van der Waals surface area (Å²) in [6.45, 7) is 9.50. The Bertz CT molecular complexity index is 747. The van der Waals surface area contributed by atoms with Crippen molar-refractivity contribution in [3.8, 4) is 0 Å². The Labute approximate surface area is 356 Å². The summed E-state index contributed by atoms with van der Waals surface area (Å²) in [7, 11) is 0. The average molecular weight is 785 g/mol. The summed E-state index contributed by atoms with van der Waals surface area (Å²) < 4.78 is 0. The molecule has 1 rings (SSSR count). The lowest BCUT2D eigenvalue weighted by Gasteiger charge is -2.33. The summed E-state index contributed by atoms with van der Waals surface area (Å²) in [5, 5.41) is 0. The summed E-state index contributed by atoms with van der Waals surface area (Å²) in [6, 6.07) is 0. The number of hydrogen-bond acceptors (Lipinski definition) is 2. The van der Waals surface area contributed by atoms with Gasteiger partial charge in [0.25, 0.3) is 0 Å². The Morgan fingerprint density at radius 3 is 0.625 bits per heavy atom. The van der Waals surface area contributed by atoms with Crippen LogP contribution in [0.5, 0.6) is 0 Å². The molecule has 0 aromatic rings. The lowest BCUT2D eigenvalue weighted by Crippen LogP contribution is -2.39. The second-order valence-corrected chi connectivity index (χ2v) is 18.9. The maximum atomic E-state index is 2.75. The van der Waals surface area contributed by atoms with E-state index in [-0.39, 0.29) is 0 Å². The molecule has 0 fully saturated rings. The second kappa shape index (κ2) is 45.4. The molecule has 2 nitrogen and oxygen atoms in total. The monoisotopic (exact) mass is 785 g/mol. The first-order valence-corrected chi connectivity index (χ1v) is 27.0. The topological polar surface area (TPSA) is 6.48 Å². The first kappa shape index (κ1) is 53.4. The van der Waals surface area contributed by atoms with Crippen LogP contribution in [0, 0.1) is 0 Å². The third-order valence-corrected chi connectivity index (χ3v) is 13.3. The average Bonchev–Trinajstić information content (AvgIpc) is 3.59. The smallest absolute Gasteiger partial charge is 0.101 e. The summed E-state index contributed by atoms with van der Waals surface area (Å²) in [5.74, 6) is 0. The fraction of sp³-hybridized carbons (Fsp3) is 0.963. The third kappa shape index (κ3) is 36.4. The van der Waals surface area contributed by atoms with Crippen molar-refractivity contribution in [2.45, 2.75) is 322 Å². The minimum Gasteiger partial charge on any atom is -0.356 e. The molecule has 0 aromatic carbocycles. The summed E-state index contributed by atoms with van der Waals surface area (Å²) in [6.07, 6.45) is 72.3. The van der Waals surface area contributed by atoms with Gasteiger partial charge in [0, 0.05) is 25.5 Å². The maximum Gasteiger partial charge on any atom is 0.101 e. The van der Waals surface area contributed by atoms with Crippen molar-refractivity contribution < 1.29 is 0 Å². The summed E-state index contributed by atoms with van der Waals surface area (Å²) in [5.41, 5.74) is 0. The summed E-state index contributed by atoms with van der Waals surface area (Å²) >= 11 is 0. The van der Waals surface area contributed by atoms with Crippen molar-refractivity contribution in [2.75, 3.05) is 13.1 Å². The molecule has 1 aliphatic rings. The molecule has 1 unspecified atom stereocenters. The van der Waals surface area contributed by atoms with Gasteiger partial charge in [-0.3, -0.25) is 0 Å². The highest BCUT2D eigenvalue weighted by Crippen LogP contribution is 2.24. The van der Waals surface area contributed by atoms with Gasteiger partial charge in [-0.15, -0.1) is 0 Å². The van der Waals surface area contributed by atoms with E-state index in [9.17, 15) is 0 Å². The van der Waals surface area contributed by atoms with Gasteiger partial charge in [0.05, 0.1) is 0 Å². The van der Waals surface area contributed by atoms with E-state index in [0.29, 0.717) is 6.17 Å². The molecule has 2 heteroatoms. The van der Waals surface area contributed by atoms with Crippen LogP contribution in [0.15, 0.2) is 12.4 Å². The lowest BCUT2D eigenvalue weighted by molar-refractivity contribution is 0.135. The summed E-state index contributed by atoms with van der Waals surface area (Å²) in [4.78, 5) is 5.49. The Morgan fingerprint density at radius 2 is 0.411 bits per heavy atom. The highest BCUT2D eigenvalue weighted by Gasteiger charge is 2.25. The largest absolute Gasteiger partial charge is 0.356 e. The van der Waals surface area contributed by atoms with Crippen molar-refractivity contribution >= 4 is 0 Å². The highest BCUT2D eigenvalue weighted by molar-refractivity contribution is 4.97. The molecular formula is C54H108N2. The van der Waals surface area contributed by atoms with E-state index >= 15 is 0 Å². The molecule has 334 valence electrons. The predicted molar refractivity (Wildman–Crippen MR) is 256 cm³/mol. The number of unbranched alkanes of at least 4 members (excludes halogenated alkanes) is 42. The number of nitrogens with zero attached hydrogens (tertiary/aromatic N) is 2. The quantitative estimate of drug-likeness (QED) is 0.0567. The van der Waals surface area contributed by atoms with Gasteiger partial charge in [-0.05, 0) is 25.7 Å². The predicted octanol–water partition coefficient (Wildman–Crippen LogP) is 19.4. The molecule has 0 amide bonds. The van der Waals surface area contributed by atoms with E-state index in [1.54, 1.807) is 0 Å². The molecule has 0 saturated heterocycles. The SMILES string of the molecule is CCCCCCCCCCCCCCCCCCC1N(CCCCCCCCCCCCCCC)C=CN1CCCCCCCCCCCCCCCCCC. The minimum atomic E-state index is 0.635. The van der Waals surface area contributed by atoms with Gasteiger partial charge in [-0.2, -0.15) is 0 Å². The van der Waals surface area contributed by atoms with Crippen molar-refractivity contribution in [2.24, 2.45) is 0 Å². The van der Waals surface area contributed by atoms with Crippen LogP contribution in [0.1, 0.15) is 316 Å². The minimum absolute atomic E-state index is 0.635. The van der Waals surface area contributed by atoms with Crippen LogP contribution in [-0.2, 0) is 0 Å². The molecule has 0 aliphatic carbocycles.